The minimum atomic E-state index is -0.483. The number of piperidine rings is 1. The standard InChI is InChI=1S/C16H27N3O2/c1-4-8-18-10-7-16(11-18)6-5-9-19(15(16)21)13(12(2)3)14(17)20/h4,12-13H,1,5-11H2,2-3H3,(H2,17,20)/t13-,16-/m0/s1. The Hall–Kier alpha value is -1.36. The summed E-state index contributed by atoms with van der Waals surface area (Å²) < 4.78 is 0. The predicted octanol–water partition coefficient (Wildman–Crippen LogP) is 0.997. The van der Waals surface area contributed by atoms with Gasteiger partial charge in [0.15, 0.2) is 0 Å². The van der Waals surface area contributed by atoms with Crippen molar-refractivity contribution in [2.24, 2.45) is 17.1 Å². The summed E-state index contributed by atoms with van der Waals surface area (Å²) in [4.78, 5) is 28.8. The largest absolute Gasteiger partial charge is 0.368 e. The fourth-order valence-corrected chi connectivity index (χ4v) is 3.88. The van der Waals surface area contributed by atoms with Crippen LogP contribution in [0.2, 0.25) is 0 Å². The van der Waals surface area contributed by atoms with Crippen LogP contribution in [0.1, 0.15) is 33.1 Å². The van der Waals surface area contributed by atoms with Gasteiger partial charge in [0, 0.05) is 19.6 Å². The number of rotatable bonds is 5. The summed E-state index contributed by atoms with van der Waals surface area (Å²) in [5.74, 6) is -0.221. The summed E-state index contributed by atoms with van der Waals surface area (Å²) in [6, 6.07) is -0.483. The molecule has 2 N–H and O–H groups in total. The number of nitrogens with zero attached hydrogens (tertiary/aromatic N) is 2. The van der Waals surface area contributed by atoms with Crippen LogP contribution in [0.3, 0.4) is 0 Å². The molecule has 0 bridgehead atoms. The molecule has 0 aromatic heterocycles. The van der Waals surface area contributed by atoms with Crippen LogP contribution in [0.5, 0.6) is 0 Å². The van der Waals surface area contributed by atoms with Crippen LogP contribution in [0.4, 0.5) is 0 Å². The molecule has 2 aliphatic rings. The van der Waals surface area contributed by atoms with E-state index in [4.69, 9.17) is 5.73 Å². The third kappa shape index (κ3) is 2.98. The number of hydrogen-bond acceptors (Lipinski definition) is 3. The lowest BCUT2D eigenvalue weighted by molar-refractivity contribution is -0.153. The minimum Gasteiger partial charge on any atom is -0.368 e. The first-order chi connectivity index (χ1) is 9.91. The molecular formula is C16H27N3O2. The van der Waals surface area contributed by atoms with E-state index < -0.39 is 11.9 Å². The lowest BCUT2D eigenvalue weighted by Crippen LogP contribution is -2.58. The number of primary amides is 1. The minimum absolute atomic E-state index is 0.0484. The van der Waals surface area contributed by atoms with Gasteiger partial charge in [-0.1, -0.05) is 19.9 Å². The number of carbonyl (C=O) groups excluding carboxylic acids is 2. The maximum absolute atomic E-state index is 13.0. The van der Waals surface area contributed by atoms with E-state index in [0.29, 0.717) is 6.54 Å². The van der Waals surface area contributed by atoms with Crippen LogP contribution >= 0.6 is 0 Å². The van der Waals surface area contributed by atoms with Crippen molar-refractivity contribution in [3.05, 3.63) is 12.7 Å². The number of carbonyl (C=O) groups is 2. The molecule has 2 atom stereocenters. The van der Waals surface area contributed by atoms with Gasteiger partial charge in [0.25, 0.3) is 0 Å². The molecule has 0 aromatic rings. The first-order valence-corrected chi connectivity index (χ1v) is 7.85. The van der Waals surface area contributed by atoms with E-state index in [-0.39, 0.29) is 17.2 Å². The van der Waals surface area contributed by atoms with Crippen molar-refractivity contribution in [1.29, 1.82) is 0 Å². The average Bonchev–Trinajstić information content (AvgIpc) is 2.79. The monoisotopic (exact) mass is 293 g/mol. The molecule has 2 saturated heterocycles. The van der Waals surface area contributed by atoms with Gasteiger partial charge in [-0.25, -0.2) is 0 Å². The van der Waals surface area contributed by atoms with Crippen LogP contribution in [0, 0.1) is 11.3 Å². The van der Waals surface area contributed by atoms with Gasteiger partial charge in [-0.15, -0.1) is 6.58 Å². The summed E-state index contributed by atoms with van der Waals surface area (Å²) in [6.07, 6.45) is 4.62. The Morgan fingerprint density at radius 1 is 1.43 bits per heavy atom. The number of amides is 2. The van der Waals surface area contributed by atoms with Crippen molar-refractivity contribution in [3.8, 4) is 0 Å². The summed E-state index contributed by atoms with van der Waals surface area (Å²) >= 11 is 0. The third-order valence-corrected chi connectivity index (χ3v) is 4.85. The van der Waals surface area contributed by atoms with E-state index in [1.807, 2.05) is 19.9 Å². The van der Waals surface area contributed by atoms with Crippen molar-refractivity contribution in [2.45, 2.75) is 39.2 Å². The Bertz CT molecular complexity index is 435. The number of hydrogen-bond donors (Lipinski definition) is 1. The second kappa shape index (κ2) is 6.18. The van der Waals surface area contributed by atoms with E-state index in [1.165, 1.54) is 0 Å². The molecule has 2 aliphatic heterocycles. The molecule has 0 radical (unpaired) electrons. The maximum Gasteiger partial charge on any atom is 0.240 e. The van der Waals surface area contributed by atoms with Crippen molar-refractivity contribution in [1.82, 2.24) is 9.80 Å². The van der Waals surface area contributed by atoms with Crippen molar-refractivity contribution in [3.63, 3.8) is 0 Å². The van der Waals surface area contributed by atoms with E-state index in [1.54, 1.807) is 4.90 Å². The topological polar surface area (TPSA) is 66.6 Å². The zero-order valence-electron chi connectivity index (χ0n) is 13.2. The van der Waals surface area contributed by atoms with Crippen LogP contribution in [0.15, 0.2) is 12.7 Å². The lowest BCUT2D eigenvalue weighted by atomic mass is 9.77. The molecule has 2 rings (SSSR count). The first kappa shape index (κ1) is 16.0. The van der Waals surface area contributed by atoms with E-state index in [2.05, 4.69) is 11.5 Å². The van der Waals surface area contributed by atoms with E-state index in [9.17, 15) is 9.59 Å². The molecule has 2 amide bonds. The number of nitrogens with two attached hydrogens (primary N) is 1. The third-order valence-electron chi connectivity index (χ3n) is 4.85. The summed E-state index contributed by atoms with van der Waals surface area (Å²) in [5, 5.41) is 0. The van der Waals surface area contributed by atoms with Gasteiger partial charge in [0.2, 0.25) is 11.8 Å². The molecule has 118 valence electrons. The van der Waals surface area contributed by atoms with Gasteiger partial charge < -0.3 is 10.6 Å². The Kier molecular flexibility index (Phi) is 4.71. The zero-order chi connectivity index (χ0) is 15.6. The Labute approximate surface area is 127 Å². The van der Waals surface area contributed by atoms with Gasteiger partial charge >= 0.3 is 0 Å². The average molecular weight is 293 g/mol. The highest BCUT2D eigenvalue weighted by Crippen LogP contribution is 2.41. The molecule has 0 saturated carbocycles. The number of likely N-dealkylation sites (tertiary alicyclic amines) is 2. The van der Waals surface area contributed by atoms with Crippen LogP contribution in [-0.2, 0) is 9.59 Å². The highest BCUT2D eigenvalue weighted by atomic mass is 16.2. The molecule has 2 fully saturated rings. The Balaban J connectivity index is 2.18. The van der Waals surface area contributed by atoms with Crippen LogP contribution in [-0.4, -0.2) is 53.8 Å². The van der Waals surface area contributed by atoms with Crippen LogP contribution in [0.25, 0.3) is 0 Å². The summed E-state index contributed by atoms with van der Waals surface area (Å²) in [7, 11) is 0. The Morgan fingerprint density at radius 3 is 2.71 bits per heavy atom. The van der Waals surface area contributed by atoms with Gasteiger partial charge in [0.05, 0.1) is 5.41 Å². The second-order valence-corrected chi connectivity index (χ2v) is 6.75. The van der Waals surface area contributed by atoms with Gasteiger partial charge in [-0.2, -0.15) is 0 Å². The van der Waals surface area contributed by atoms with E-state index >= 15 is 0 Å². The van der Waals surface area contributed by atoms with Crippen molar-refractivity contribution >= 4 is 11.8 Å². The summed E-state index contributed by atoms with van der Waals surface area (Å²) in [6.45, 7) is 10.8. The highest BCUT2D eigenvalue weighted by Gasteiger charge is 2.50. The predicted molar refractivity (Wildman–Crippen MR) is 82.5 cm³/mol. The second-order valence-electron chi connectivity index (χ2n) is 6.75. The van der Waals surface area contributed by atoms with Gasteiger partial charge in [0.1, 0.15) is 6.04 Å². The van der Waals surface area contributed by atoms with Gasteiger partial charge in [-0.05, 0) is 31.7 Å². The molecule has 0 aromatic carbocycles. The SMILES string of the molecule is C=CCN1CC[C@@]2(CCCN([C@H](C(N)=O)C(C)C)C2=O)C1. The van der Waals surface area contributed by atoms with Gasteiger partial charge in [-0.3, -0.25) is 14.5 Å². The molecule has 5 heteroatoms. The molecule has 0 unspecified atom stereocenters. The normalized spacial score (nSPS) is 28.3. The van der Waals surface area contributed by atoms with Crippen molar-refractivity contribution < 1.29 is 9.59 Å². The fraction of sp³-hybridized carbons (Fsp3) is 0.750. The fourth-order valence-electron chi connectivity index (χ4n) is 3.88. The zero-order valence-corrected chi connectivity index (χ0v) is 13.2. The lowest BCUT2D eigenvalue weighted by Gasteiger charge is -2.43. The maximum atomic E-state index is 13.0. The summed E-state index contributed by atoms with van der Waals surface area (Å²) in [5.41, 5.74) is 5.22. The first-order valence-electron chi connectivity index (χ1n) is 7.85. The molecular weight excluding hydrogens is 266 g/mol. The highest BCUT2D eigenvalue weighted by molar-refractivity contribution is 5.90. The van der Waals surface area contributed by atoms with E-state index in [0.717, 1.165) is 38.9 Å². The molecule has 2 heterocycles. The van der Waals surface area contributed by atoms with Crippen LogP contribution < -0.4 is 5.73 Å². The smallest absolute Gasteiger partial charge is 0.240 e. The molecule has 0 aliphatic carbocycles. The molecule has 21 heavy (non-hydrogen) atoms. The molecule has 5 nitrogen and oxygen atoms in total. The quantitative estimate of drug-likeness (QED) is 0.769. The molecule has 1 spiro atoms. The Morgan fingerprint density at radius 2 is 2.14 bits per heavy atom. The van der Waals surface area contributed by atoms with Crippen molar-refractivity contribution in [2.75, 3.05) is 26.2 Å².